The van der Waals surface area contributed by atoms with Crippen molar-refractivity contribution in [2.75, 3.05) is 5.32 Å². The van der Waals surface area contributed by atoms with Gasteiger partial charge in [0.1, 0.15) is 6.04 Å². The van der Waals surface area contributed by atoms with Crippen molar-refractivity contribution < 1.29 is 9.59 Å². The fourth-order valence-electron chi connectivity index (χ4n) is 2.88. The third-order valence-corrected chi connectivity index (χ3v) is 4.45. The van der Waals surface area contributed by atoms with Crippen molar-refractivity contribution in [2.24, 2.45) is 5.92 Å². The highest BCUT2D eigenvalue weighted by Gasteiger charge is 2.31. The number of hydrogen-bond acceptors (Lipinski definition) is 2. The normalized spacial score (nSPS) is 16.5. The van der Waals surface area contributed by atoms with E-state index in [1.807, 2.05) is 25.1 Å². The molecule has 1 aliphatic carbocycles. The van der Waals surface area contributed by atoms with Crippen LogP contribution in [0.25, 0.3) is 0 Å². The van der Waals surface area contributed by atoms with E-state index in [1.54, 1.807) is 0 Å². The van der Waals surface area contributed by atoms with Crippen molar-refractivity contribution in [1.82, 2.24) is 5.32 Å². The number of benzene rings is 1. The number of carbonyl (C=O) groups excluding carboxylic acids is 2. The molecule has 5 heteroatoms. The molecular formula is C16H21BrN2O2. The van der Waals surface area contributed by atoms with Crippen LogP contribution in [0, 0.1) is 12.8 Å². The summed E-state index contributed by atoms with van der Waals surface area (Å²) >= 11 is 3.41. The van der Waals surface area contributed by atoms with E-state index in [9.17, 15) is 9.59 Å². The van der Waals surface area contributed by atoms with Gasteiger partial charge in [0.05, 0.1) is 0 Å². The summed E-state index contributed by atoms with van der Waals surface area (Å²) in [4.78, 5) is 23.9. The van der Waals surface area contributed by atoms with Crippen LogP contribution in [-0.2, 0) is 9.59 Å². The molecule has 0 aromatic heterocycles. The van der Waals surface area contributed by atoms with Crippen LogP contribution >= 0.6 is 15.9 Å². The zero-order chi connectivity index (χ0) is 15.4. The van der Waals surface area contributed by atoms with Crippen molar-refractivity contribution in [3.05, 3.63) is 28.2 Å². The van der Waals surface area contributed by atoms with Gasteiger partial charge in [0.2, 0.25) is 11.8 Å². The van der Waals surface area contributed by atoms with Gasteiger partial charge in [-0.1, -0.05) is 28.8 Å². The molecule has 2 N–H and O–H groups in total. The van der Waals surface area contributed by atoms with Gasteiger partial charge in [-0.15, -0.1) is 0 Å². The highest BCUT2D eigenvalue weighted by Crippen LogP contribution is 2.29. The summed E-state index contributed by atoms with van der Waals surface area (Å²) in [6, 6.07) is 5.29. The maximum absolute atomic E-state index is 12.5. The predicted octanol–water partition coefficient (Wildman–Crippen LogP) is 3.39. The molecule has 0 spiro atoms. The molecular weight excluding hydrogens is 332 g/mol. The van der Waals surface area contributed by atoms with E-state index in [1.165, 1.54) is 6.92 Å². The molecule has 1 unspecified atom stereocenters. The van der Waals surface area contributed by atoms with Gasteiger partial charge >= 0.3 is 0 Å². The smallest absolute Gasteiger partial charge is 0.247 e. The van der Waals surface area contributed by atoms with Gasteiger partial charge in [-0.25, -0.2) is 0 Å². The quantitative estimate of drug-likeness (QED) is 0.872. The summed E-state index contributed by atoms with van der Waals surface area (Å²) in [6.45, 7) is 3.41. The molecule has 1 saturated carbocycles. The molecule has 21 heavy (non-hydrogen) atoms. The summed E-state index contributed by atoms with van der Waals surface area (Å²) in [5, 5.41) is 5.76. The molecule has 0 saturated heterocycles. The predicted molar refractivity (Wildman–Crippen MR) is 87.1 cm³/mol. The van der Waals surface area contributed by atoms with E-state index in [0.717, 1.165) is 41.4 Å². The minimum absolute atomic E-state index is 0.123. The fourth-order valence-corrected chi connectivity index (χ4v) is 3.36. The first-order valence-corrected chi connectivity index (χ1v) is 8.11. The minimum Gasteiger partial charge on any atom is -0.344 e. The molecule has 1 aromatic rings. The second kappa shape index (κ2) is 7.07. The van der Waals surface area contributed by atoms with E-state index in [2.05, 4.69) is 26.6 Å². The Kier molecular flexibility index (Phi) is 5.39. The Bertz CT molecular complexity index is 539. The lowest BCUT2D eigenvalue weighted by Crippen LogP contribution is -2.47. The molecule has 1 aliphatic rings. The lowest BCUT2D eigenvalue weighted by atomic mass is 9.97. The second-order valence-electron chi connectivity index (χ2n) is 5.67. The summed E-state index contributed by atoms with van der Waals surface area (Å²) in [7, 11) is 0. The lowest BCUT2D eigenvalue weighted by Gasteiger charge is -2.23. The first-order valence-electron chi connectivity index (χ1n) is 7.31. The highest BCUT2D eigenvalue weighted by atomic mass is 79.9. The van der Waals surface area contributed by atoms with Crippen molar-refractivity contribution >= 4 is 33.4 Å². The molecule has 1 fully saturated rings. The van der Waals surface area contributed by atoms with Gasteiger partial charge in [-0.3, -0.25) is 9.59 Å². The molecule has 114 valence electrons. The number of halogens is 1. The molecule has 1 atom stereocenters. The third-order valence-electron chi connectivity index (χ3n) is 3.96. The number of aryl methyl sites for hydroxylation is 1. The molecule has 0 aliphatic heterocycles. The van der Waals surface area contributed by atoms with Gasteiger partial charge in [0.25, 0.3) is 0 Å². The van der Waals surface area contributed by atoms with E-state index in [0.29, 0.717) is 0 Å². The third kappa shape index (κ3) is 4.30. The van der Waals surface area contributed by atoms with Crippen LogP contribution in [0.1, 0.15) is 38.2 Å². The first kappa shape index (κ1) is 16.0. The Labute approximate surface area is 133 Å². The lowest BCUT2D eigenvalue weighted by molar-refractivity contribution is -0.126. The Morgan fingerprint density at radius 3 is 2.52 bits per heavy atom. The molecule has 0 bridgehead atoms. The van der Waals surface area contributed by atoms with E-state index in [4.69, 9.17) is 0 Å². The second-order valence-corrected chi connectivity index (χ2v) is 6.59. The summed E-state index contributed by atoms with van der Waals surface area (Å²) in [6.07, 6.45) is 4.26. The van der Waals surface area contributed by atoms with Crippen LogP contribution in [0.2, 0.25) is 0 Å². The van der Waals surface area contributed by atoms with Crippen LogP contribution < -0.4 is 10.6 Å². The zero-order valence-electron chi connectivity index (χ0n) is 12.4. The van der Waals surface area contributed by atoms with Gasteiger partial charge in [0.15, 0.2) is 0 Å². The zero-order valence-corrected chi connectivity index (χ0v) is 14.0. The summed E-state index contributed by atoms with van der Waals surface area (Å²) in [5.41, 5.74) is 1.78. The van der Waals surface area contributed by atoms with Crippen LogP contribution in [0.15, 0.2) is 22.7 Å². The van der Waals surface area contributed by atoms with Crippen LogP contribution in [0.4, 0.5) is 5.69 Å². The number of amides is 2. The van der Waals surface area contributed by atoms with Gasteiger partial charge in [-0.05, 0) is 49.4 Å². The molecule has 1 aromatic carbocycles. The van der Waals surface area contributed by atoms with Crippen molar-refractivity contribution in [1.29, 1.82) is 0 Å². The summed E-state index contributed by atoms with van der Waals surface area (Å²) in [5.74, 6) is -0.0400. The largest absolute Gasteiger partial charge is 0.344 e. The molecule has 4 nitrogen and oxygen atoms in total. The highest BCUT2D eigenvalue weighted by molar-refractivity contribution is 9.10. The van der Waals surface area contributed by atoms with Crippen LogP contribution in [-0.4, -0.2) is 17.9 Å². The average Bonchev–Trinajstić information content (AvgIpc) is 2.92. The van der Waals surface area contributed by atoms with Crippen LogP contribution in [0.5, 0.6) is 0 Å². The maximum Gasteiger partial charge on any atom is 0.247 e. The Hall–Kier alpha value is -1.36. The number of rotatable bonds is 4. The topological polar surface area (TPSA) is 58.2 Å². The number of anilines is 1. The standard InChI is InChI=1S/C16H21BrN2O2/c1-10-9-13(17)7-8-14(10)19-16(21)15(18-11(2)20)12-5-3-4-6-12/h7-9,12,15H,3-6H2,1-2H3,(H,18,20)(H,19,21). The first-order chi connectivity index (χ1) is 9.97. The molecule has 0 heterocycles. The summed E-state index contributed by atoms with van der Waals surface area (Å²) < 4.78 is 0.979. The number of nitrogens with one attached hydrogen (secondary N) is 2. The molecule has 0 radical (unpaired) electrons. The van der Waals surface area contributed by atoms with Gasteiger partial charge < -0.3 is 10.6 Å². The van der Waals surface area contributed by atoms with E-state index < -0.39 is 6.04 Å². The van der Waals surface area contributed by atoms with E-state index >= 15 is 0 Å². The van der Waals surface area contributed by atoms with Crippen LogP contribution in [0.3, 0.4) is 0 Å². The Morgan fingerprint density at radius 2 is 1.95 bits per heavy atom. The molecule has 2 rings (SSSR count). The molecule has 2 amide bonds. The van der Waals surface area contributed by atoms with Gasteiger partial charge in [0, 0.05) is 17.1 Å². The van der Waals surface area contributed by atoms with Crippen molar-refractivity contribution in [3.8, 4) is 0 Å². The Balaban J connectivity index is 2.11. The van der Waals surface area contributed by atoms with Crippen molar-refractivity contribution in [3.63, 3.8) is 0 Å². The number of carbonyl (C=O) groups is 2. The average molecular weight is 353 g/mol. The fraction of sp³-hybridized carbons (Fsp3) is 0.500. The van der Waals surface area contributed by atoms with Crippen molar-refractivity contribution in [2.45, 2.75) is 45.6 Å². The SMILES string of the molecule is CC(=O)NC(C(=O)Nc1ccc(Br)cc1C)C1CCCC1. The van der Waals surface area contributed by atoms with E-state index in [-0.39, 0.29) is 17.7 Å². The number of hydrogen-bond donors (Lipinski definition) is 2. The Morgan fingerprint density at radius 1 is 1.29 bits per heavy atom. The monoisotopic (exact) mass is 352 g/mol. The van der Waals surface area contributed by atoms with Gasteiger partial charge in [-0.2, -0.15) is 0 Å². The minimum atomic E-state index is -0.437. The maximum atomic E-state index is 12.5.